The van der Waals surface area contributed by atoms with Gasteiger partial charge in [-0.15, -0.1) is 11.8 Å². The second kappa shape index (κ2) is 6.97. The molecule has 0 atom stereocenters. The summed E-state index contributed by atoms with van der Waals surface area (Å²) < 4.78 is -0.367. The van der Waals surface area contributed by atoms with Crippen molar-refractivity contribution in [1.82, 2.24) is 0 Å². The van der Waals surface area contributed by atoms with E-state index < -0.39 is 0 Å². The van der Waals surface area contributed by atoms with E-state index in [2.05, 4.69) is 0 Å². The molecule has 3 heteroatoms. The minimum atomic E-state index is -0.367. The fourth-order valence-corrected chi connectivity index (χ4v) is 2.00. The Kier molecular flexibility index (Phi) is 6.77. The van der Waals surface area contributed by atoms with Gasteiger partial charge >= 0.3 is 0 Å². The average molecular weight is 259 g/mol. The summed E-state index contributed by atoms with van der Waals surface area (Å²) in [6.07, 6.45) is 0. The fourth-order valence-electron chi connectivity index (χ4n) is 0.869. The third-order valence-electron chi connectivity index (χ3n) is 2.03. The lowest BCUT2D eigenvalue weighted by Gasteiger charge is -2.20. The molecule has 0 fully saturated rings. The molecule has 1 rings (SSSR count). The molecule has 16 heavy (non-hydrogen) atoms. The molecule has 90 valence electrons. The molecule has 0 heterocycles. The first kappa shape index (κ1) is 15.5. The van der Waals surface area contributed by atoms with E-state index in [0.29, 0.717) is 0 Å². The zero-order valence-electron chi connectivity index (χ0n) is 10.5. The molecule has 0 aliphatic carbocycles. The van der Waals surface area contributed by atoms with Crippen molar-refractivity contribution in [2.45, 2.75) is 44.3 Å². The van der Waals surface area contributed by atoms with Crippen LogP contribution in [0.25, 0.3) is 0 Å². The molecule has 0 radical (unpaired) electrons. The maximum atomic E-state index is 11.3. The molecule has 0 aliphatic rings. The maximum absolute atomic E-state index is 11.3. The Balaban J connectivity index is 0.00000106. The van der Waals surface area contributed by atoms with Gasteiger partial charge in [0.25, 0.3) is 0 Å². The second-order valence-electron chi connectivity index (χ2n) is 3.62. The van der Waals surface area contributed by atoms with Crippen LogP contribution in [-0.2, 0) is 4.79 Å². The fraction of sp³-hybridized carbons (Fsp3) is 0.462. The Morgan fingerprint density at radius 2 is 1.62 bits per heavy atom. The van der Waals surface area contributed by atoms with Crippen LogP contribution in [0.5, 0.6) is 0 Å². The van der Waals surface area contributed by atoms with E-state index in [1.54, 1.807) is 18.7 Å². The lowest BCUT2D eigenvalue weighted by molar-refractivity contribution is -0.118. The predicted octanol–water partition coefficient (Wildman–Crippen LogP) is 4.83. The van der Waals surface area contributed by atoms with Crippen LogP contribution >= 0.6 is 23.4 Å². The van der Waals surface area contributed by atoms with Gasteiger partial charge < -0.3 is 0 Å². The summed E-state index contributed by atoms with van der Waals surface area (Å²) in [6.45, 7) is 9.46. The number of carbonyl (C=O) groups is 1. The number of carbonyl (C=O) groups excluding carboxylic acids is 1. The van der Waals surface area contributed by atoms with Gasteiger partial charge in [0.15, 0.2) is 0 Å². The molecule has 0 aliphatic heterocycles. The van der Waals surface area contributed by atoms with E-state index in [4.69, 9.17) is 11.6 Å². The molecule has 0 saturated carbocycles. The summed E-state index contributed by atoms with van der Waals surface area (Å²) in [7, 11) is 0. The van der Waals surface area contributed by atoms with Crippen LogP contribution in [0.2, 0.25) is 5.02 Å². The van der Waals surface area contributed by atoms with Crippen LogP contribution in [0.15, 0.2) is 29.2 Å². The highest BCUT2D eigenvalue weighted by molar-refractivity contribution is 8.01. The molecule has 1 aromatic rings. The standard InChI is InChI=1S/C11H13ClOS.C2H6/c1-8(13)11(2,3)14-10-6-4-9(12)5-7-10;1-2/h4-7H,1-3H3;1-2H3. The van der Waals surface area contributed by atoms with Gasteiger partial charge in [0, 0.05) is 9.92 Å². The highest BCUT2D eigenvalue weighted by atomic mass is 35.5. The number of Topliss-reactive ketones (excluding diaryl/α,β-unsaturated/α-hetero) is 1. The summed E-state index contributed by atoms with van der Waals surface area (Å²) in [5, 5.41) is 0.718. The third kappa shape index (κ3) is 5.04. The van der Waals surface area contributed by atoms with Crippen molar-refractivity contribution in [1.29, 1.82) is 0 Å². The number of hydrogen-bond acceptors (Lipinski definition) is 2. The molecule has 0 N–H and O–H groups in total. The first-order chi connectivity index (χ1) is 7.42. The van der Waals surface area contributed by atoms with Gasteiger partial charge in [-0.3, -0.25) is 4.79 Å². The van der Waals surface area contributed by atoms with Crippen molar-refractivity contribution < 1.29 is 4.79 Å². The molecule has 0 saturated heterocycles. The van der Waals surface area contributed by atoms with E-state index in [-0.39, 0.29) is 10.5 Å². The summed E-state index contributed by atoms with van der Waals surface area (Å²) in [5.74, 6) is 0.178. The highest BCUT2D eigenvalue weighted by Gasteiger charge is 2.24. The number of ketones is 1. The van der Waals surface area contributed by atoms with Gasteiger partial charge in [-0.25, -0.2) is 0 Å². The van der Waals surface area contributed by atoms with Crippen LogP contribution in [-0.4, -0.2) is 10.5 Å². The molecular weight excluding hydrogens is 240 g/mol. The minimum Gasteiger partial charge on any atom is -0.298 e. The summed E-state index contributed by atoms with van der Waals surface area (Å²) >= 11 is 7.32. The Hall–Kier alpha value is -0.470. The summed E-state index contributed by atoms with van der Waals surface area (Å²) in [6, 6.07) is 7.52. The minimum absolute atomic E-state index is 0.178. The summed E-state index contributed by atoms with van der Waals surface area (Å²) in [4.78, 5) is 12.4. The number of hydrogen-bond donors (Lipinski definition) is 0. The van der Waals surface area contributed by atoms with E-state index in [1.807, 2.05) is 52.0 Å². The maximum Gasteiger partial charge on any atom is 0.145 e. The van der Waals surface area contributed by atoms with E-state index in [0.717, 1.165) is 9.92 Å². The van der Waals surface area contributed by atoms with Gasteiger partial charge in [-0.2, -0.15) is 0 Å². The quantitative estimate of drug-likeness (QED) is 0.723. The van der Waals surface area contributed by atoms with Gasteiger partial charge in [-0.05, 0) is 45.0 Å². The van der Waals surface area contributed by atoms with Crippen molar-refractivity contribution in [3.8, 4) is 0 Å². The average Bonchev–Trinajstić information content (AvgIpc) is 2.24. The number of rotatable bonds is 3. The molecule has 0 bridgehead atoms. The predicted molar refractivity (Wildman–Crippen MR) is 73.4 cm³/mol. The largest absolute Gasteiger partial charge is 0.298 e. The van der Waals surface area contributed by atoms with Crippen molar-refractivity contribution in [3.63, 3.8) is 0 Å². The highest BCUT2D eigenvalue weighted by Crippen LogP contribution is 2.33. The molecule has 0 spiro atoms. The van der Waals surface area contributed by atoms with Crippen molar-refractivity contribution in [2.24, 2.45) is 0 Å². The van der Waals surface area contributed by atoms with Crippen molar-refractivity contribution >= 4 is 29.1 Å². The third-order valence-corrected chi connectivity index (χ3v) is 3.59. The molecule has 0 aromatic heterocycles. The Morgan fingerprint density at radius 3 is 2.00 bits per heavy atom. The zero-order chi connectivity index (χ0) is 12.8. The summed E-state index contributed by atoms with van der Waals surface area (Å²) in [5.41, 5.74) is 0. The smallest absolute Gasteiger partial charge is 0.145 e. The molecule has 0 amide bonds. The number of benzene rings is 1. The second-order valence-corrected chi connectivity index (χ2v) is 5.76. The topological polar surface area (TPSA) is 17.1 Å². The molecule has 0 unspecified atom stereocenters. The SMILES string of the molecule is CC.CC(=O)C(C)(C)Sc1ccc(Cl)cc1. The van der Waals surface area contributed by atoms with Gasteiger partial charge in [0.05, 0.1) is 4.75 Å². The normalized spacial score (nSPS) is 10.4. The Bertz CT molecular complexity index is 330. The van der Waals surface area contributed by atoms with E-state index >= 15 is 0 Å². The lowest BCUT2D eigenvalue weighted by atomic mass is 10.1. The Morgan fingerprint density at radius 1 is 1.19 bits per heavy atom. The van der Waals surface area contributed by atoms with Gasteiger partial charge in [-0.1, -0.05) is 25.4 Å². The van der Waals surface area contributed by atoms with E-state index in [9.17, 15) is 4.79 Å². The lowest BCUT2D eigenvalue weighted by Crippen LogP contribution is -2.24. The van der Waals surface area contributed by atoms with Gasteiger partial charge in [0.1, 0.15) is 5.78 Å². The monoisotopic (exact) mass is 258 g/mol. The van der Waals surface area contributed by atoms with Crippen molar-refractivity contribution in [2.75, 3.05) is 0 Å². The van der Waals surface area contributed by atoms with Crippen LogP contribution in [0.1, 0.15) is 34.6 Å². The molecule has 1 nitrogen and oxygen atoms in total. The zero-order valence-corrected chi connectivity index (χ0v) is 12.1. The number of halogens is 1. The van der Waals surface area contributed by atoms with Crippen LogP contribution in [0, 0.1) is 0 Å². The van der Waals surface area contributed by atoms with Crippen LogP contribution < -0.4 is 0 Å². The molecule has 1 aromatic carbocycles. The van der Waals surface area contributed by atoms with Crippen LogP contribution in [0.4, 0.5) is 0 Å². The van der Waals surface area contributed by atoms with Gasteiger partial charge in [0.2, 0.25) is 0 Å². The van der Waals surface area contributed by atoms with E-state index in [1.165, 1.54) is 0 Å². The number of thioether (sulfide) groups is 1. The Labute approximate surface area is 108 Å². The van der Waals surface area contributed by atoms with Crippen molar-refractivity contribution in [3.05, 3.63) is 29.3 Å². The first-order valence-corrected chi connectivity index (χ1v) is 6.57. The first-order valence-electron chi connectivity index (χ1n) is 5.37. The van der Waals surface area contributed by atoms with Crippen LogP contribution in [0.3, 0.4) is 0 Å². The molecular formula is C13H19ClOS.